The van der Waals surface area contributed by atoms with Crippen LogP contribution in [0.2, 0.25) is 0 Å². The largest absolute Gasteiger partial charge is 0.478 e. The summed E-state index contributed by atoms with van der Waals surface area (Å²) in [6.45, 7) is 0. The van der Waals surface area contributed by atoms with Crippen molar-refractivity contribution < 1.29 is 19.5 Å². The fourth-order valence-electron chi connectivity index (χ4n) is 1.51. The van der Waals surface area contributed by atoms with Crippen molar-refractivity contribution in [2.45, 2.75) is 23.1 Å². The SMILES string of the molecule is O=C1CCC(Sc2ccc(C(=O)O)cn2)C(=O)N1. The van der Waals surface area contributed by atoms with E-state index in [1.54, 1.807) is 6.07 Å². The molecule has 1 aromatic rings. The van der Waals surface area contributed by atoms with Crippen LogP contribution < -0.4 is 5.32 Å². The van der Waals surface area contributed by atoms with E-state index in [1.165, 1.54) is 24.0 Å². The van der Waals surface area contributed by atoms with E-state index in [-0.39, 0.29) is 22.6 Å². The molecule has 1 unspecified atom stereocenters. The van der Waals surface area contributed by atoms with Gasteiger partial charge in [-0.15, -0.1) is 0 Å². The zero-order valence-corrected chi connectivity index (χ0v) is 10.1. The Labute approximate surface area is 107 Å². The van der Waals surface area contributed by atoms with Crippen LogP contribution in [0, 0.1) is 0 Å². The summed E-state index contributed by atoms with van der Waals surface area (Å²) < 4.78 is 0. The highest BCUT2D eigenvalue weighted by Gasteiger charge is 2.27. The molecular weight excluding hydrogens is 256 g/mol. The molecule has 1 aromatic heterocycles. The topological polar surface area (TPSA) is 96.4 Å². The number of carboxylic acids is 1. The fraction of sp³-hybridized carbons (Fsp3) is 0.273. The van der Waals surface area contributed by atoms with Crippen molar-refractivity contribution in [2.24, 2.45) is 0 Å². The Morgan fingerprint density at radius 2 is 2.22 bits per heavy atom. The van der Waals surface area contributed by atoms with Crippen molar-refractivity contribution in [1.82, 2.24) is 10.3 Å². The number of aromatic nitrogens is 1. The highest BCUT2D eigenvalue weighted by molar-refractivity contribution is 8.00. The predicted molar refractivity (Wildman–Crippen MR) is 63.2 cm³/mol. The van der Waals surface area contributed by atoms with E-state index in [0.29, 0.717) is 17.9 Å². The number of carboxylic acid groups (broad SMARTS) is 1. The van der Waals surface area contributed by atoms with E-state index in [4.69, 9.17) is 5.11 Å². The molecular formula is C11H10N2O4S. The van der Waals surface area contributed by atoms with Crippen LogP contribution in [0.5, 0.6) is 0 Å². The molecule has 1 fully saturated rings. The van der Waals surface area contributed by atoms with Crippen molar-refractivity contribution in [1.29, 1.82) is 0 Å². The van der Waals surface area contributed by atoms with Gasteiger partial charge in [0, 0.05) is 12.6 Å². The third-order valence-electron chi connectivity index (χ3n) is 2.43. The lowest BCUT2D eigenvalue weighted by Gasteiger charge is -2.19. The predicted octanol–water partition coefficient (Wildman–Crippen LogP) is 0.677. The summed E-state index contributed by atoms with van der Waals surface area (Å²) in [5.74, 6) is -1.62. The van der Waals surface area contributed by atoms with Gasteiger partial charge in [0.25, 0.3) is 0 Å². The molecule has 0 aliphatic carbocycles. The minimum atomic E-state index is -1.04. The Balaban J connectivity index is 2.03. The van der Waals surface area contributed by atoms with Gasteiger partial charge in [0.2, 0.25) is 11.8 Å². The molecule has 7 heteroatoms. The number of pyridine rings is 1. The number of amides is 2. The maximum absolute atomic E-state index is 11.5. The molecule has 2 amide bonds. The van der Waals surface area contributed by atoms with Crippen LogP contribution in [0.3, 0.4) is 0 Å². The summed E-state index contributed by atoms with van der Waals surface area (Å²) in [5, 5.41) is 11.2. The summed E-state index contributed by atoms with van der Waals surface area (Å²) in [6.07, 6.45) is 2.03. The number of nitrogens with one attached hydrogen (secondary N) is 1. The minimum absolute atomic E-state index is 0.0997. The van der Waals surface area contributed by atoms with E-state index in [2.05, 4.69) is 10.3 Å². The van der Waals surface area contributed by atoms with Crippen molar-refractivity contribution in [2.75, 3.05) is 0 Å². The van der Waals surface area contributed by atoms with Gasteiger partial charge in [-0.3, -0.25) is 14.9 Å². The molecule has 94 valence electrons. The zero-order valence-electron chi connectivity index (χ0n) is 9.25. The highest BCUT2D eigenvalue weighted by atomic mass is 32.2. The zero-order chi connectivity index (χ0) is 13.1. The average molecular weight is 266 g/mol. The van der Waals surface area contributed by atoms with Gasteiger partial charge in [0.05, 0.1) is 15.8 Å². The van der Waals surface area contributed by atoms with Crippen LogP contribution >= 0.6 is 11.8 Å². The Morgan fingerprint density at radius 1 is 1.44 bits per heavy atom. The third kappa shape index (κ3) is 2.86. The summed E-state index contributed by atoms with van der Waals surface area (Å²) in [5.41, 5.74) is 0.0997. The normalized spacial score (nSPS) is 19.4. The molecule has 1 aliphatic rings. The molecule has 0 radical (unpaired) electrons. The fourth-order valence-corrected chi connectivity index (χ4v) is 2.46. The van der Waals surface area contributed by atoms with Crippen LogP contribution in [0.1, 0.15) is 23.2 Å². The van der Waals surface area contributed by atoms with Crippen LogP contribution in [0.15, 0.2) is 23.4 Å². The van der Waals surface area contributed by atoms with Gasteiger partial charge < -0.3 is 5.11 Å². The number of aromatic carboxylic acids is 1. The molecule has 0 aromatic carbocycles. The Kier molecular flexibility index (Phi) is 3.61. The number of carbonyl (C=O) groups excluding carboxylic acids is 2. The quantitative estimate of drug-likeness (QED) is 0.781. The summed E-state index contributed by atoms with van der Waals surface area (Å²) >= 11 is 1.23. The van der Waals surface area contributed by atoms with Crippen LogP contribution in [0.25, 0.3) is 0 Å². The second-order valence-corrected chi connectivity index (χ2v) is 4.97. The molecule has 0 bridgehead atoms. The molecule has 0 spiro atoms. The summed E-state index contributed by atoms with van der Waals surface area (Å²) in [4.78, 5) is 37.1. The van der Waals surface area contributed by atoms with E-state index in [1.807, 2.05) is 0 Å². The maximum atomic E-state index is 11.5. The van der Waals surface area contributed by atoms with Crippen LogP contribution in [0.4, 0.5) is 0 Å². The smallest absolute Gasteiger partial charge is 0.337 e. The van der Waals surface area contributed by atoms with E-state index in [9.17, 15) is 14.4 Å². The number of rotatable bonds is 3. The molecule has 2 rings (SSSR count). The second-order valence-electron chi connectivity index (χ2n) is 3.75. The molecule has 1 aliphatic heterocycles. The Hall–Kier alpha value is -1.89. The monoisotopic (exact) mass is 266 g/mol. The van der Waals surface area contributed by atoms with Crippen LogP contribution in [-0.2, 0) is 9.59 Å². The van der Waals surface area contributed by atoms with Gasteiger partial charge in [-0.2, -0.15) is 0 Å². The first kappa shape index (κ1) is 12.6. The molecule has 6 nitrogen and oxygen atoms in total. The second kappa shape index (κ2) is 5.18. The Bertz CT molecular complexity index is 500. The van der Waals surface area contributed by atoms with Crippen LogP contribution in [-0.4, -0.2) is 33.1 Å². The van der Waals surface area contributed by atoms with Gasteiger partial charge in [0.1, 0.15) is 0 Å². The standard InChI is InChI=1S/C11H10N2O4S/c14-8-3-2-7(10(15)13-8)18-9-4-1-6(5-12-9)11(16)17/h1,4-5,7H,2-3H2,(H,16,17)(H,13,14,15). The number of carbonyl (C=O) groups is 3. The lowest BCUT2D eigenvalue weighted by atomic mass is 10.1. The third-order valence-corrected chi connectivity index (χ3v) is 3.65. The summed E-state index contributed by atoms with van der Waals surface area (Å²) in [6, 6.07) is 2.99. The highest BCUT2D eigenvalue weighted by Crippen LogP contribution is 2.26. The van der Waals surface area contributed by atoms with Gasteiger partial charge in [-0.1, -0.05) is 11.8 Å². The molecule has 1 saturated heterocycles. The van der Waals surface area contributed by atoms with E-state index in [0.717, 1.165) is 0 Å². The first-order valence-corrected chi connectivity index (χ1v) is 6.14. The number of nitrogens with zero attached hydrogens (tertiary/aromatic N) is 1. The minimum Gasteiger partial charge on any atom is -0.478 e. The number of hydrogen-bond acceptors (Lipinski definition) is 5. The van der Waals surface area contributed by atoms with Crippen molar-refractivity contribution >= 4 is 29.5 Å². The summed E-state index contributed by atoms with van der Waals surface area (Å²) in [7, 11) is 0. The van der Waals surface area contributed by atoms with Crippen molar-refractivity contribution in [3.8, 4) is 0 Å². The van der Waals surface area contributed by atoms with E-state index >= 15 is 0 Å². The lowest BCUT2D eigenvalue weighted by Crippen LogP contribution is -2.42. The maximum Gasteiger partial charge on any atom is 0.337 e. The molecule has 1 atom stereocenters. The average Bonchev–Trinajstić information content (AvgIpc) is 2.33. The molecule has 2 heterocycles. The Morgan fingerprint density at radius 3 is 2.78 bits per heavy atom. The molecule has 2 N–H and O–H groups in total. The number of piperidine rings is 1. The van der Waals surface area contributed by atoms with Crippen molar-refractivity contribution in [3.05, 3.63) is 23.9 Å². The van der Waals surface area contributed by atoms with Gasteiger partial charge in [0.15, 0.2) is 0 Å². The molecule has 0 saturated carbocycles. The first-order valence-electron chi connectivity index (χ1n) is 5.26. The van der Waals surface area contributed by atoms with Crippen molar-refractivity contribution in [3.63, 3.8) is 0 Å². The number of thioether (sulfide) groups is 1. The lowest BCUT2D eigenvalue weighted by molar-refractivity contribution is -0.132. The van der Waals surface area contributed by atoms with Gasteiger partial charge in [-0.05, 0) is 18.6 Å². The van der Waals surface area contributed by atoms with E-state index < -0.39 is 5.97 Å². The van der Waals surface area contributed by atoms with Gasteiger partial charge >= 0.3 is 5.97 Å². The number of imide groups is 1. The molecule has 18 heavy (non-hydrogen) atoms. The van der Waals surface area contributed by atoms with Gasteiger partial charge in [-0.25, -0.2) is 9.78 Å². The number of hydrogen-bond donors (Lipinski definition) is 2. The first-order chi connectivity index (χ1) is 8.56.